The predicted octanol–water partition coefficient (Wildman–Crippen LogP) is 4.32. The second-order valence-electron chi connectivity index (χ2n) is 5.21. The molecule has 0 atom stereocenters. The van der Waals surface area contributed by atoms with Crippen LogP contribution < -0.4 is 4.90 Å². The van der Waals surface area contributed by atoms with Crippen LogP contribution in [-0.4, -0.2) is 18.8 Å². The predicted molar refractivity (Wildman–Crippen MR) is 83.9 cm³/mol. The minimum Gasteiger partial charge on any atom is -0.371 e. The minimum absolute atomic E-state index is 1.03. The van der Waals surface area contributed by atoms with Crippen LogP contribution in [0.1, 0.15) is 44.1 Å². The molecule has 1 aliphatic heterocycles. The summed E-state index contributed by atoms with van der Waals surface area (Å²) in [6, 6.07) is 8.95. The van der Waals surface area contributed by atoms with Crippen molar-refractivity contribution in [2.24, 2.45) is 0 Å². The Morgan fingerprint density at radius 1 is 1.00 bits per heavy atom. The van der Waals surface area contributed by atoms with Gasteiger partial charge in [0.2, 0.25) is 0 Å². The molecule has 0 N–H and O–H groups in total. The van der Waals surface area contributed by atoms with E-state index in [1.807, 2.05) is 0 Å². The number of nitrogens with zero attached hydrogens (tertiary/aromatic N) is 1. The summed E-state index contributed by atoms with van der Waals surface area (Å²) in [4.78, 5) is 2.60. The van der Waals surface area contributed by atoms with Crippen LogP contribution in [-0.2, 0) is 6.42 Å². The van der Waals surface area contributed by atoms with Crippen LogP contribution >= 0.6 is 12.6 Å². The van der Waals surface area contributed by atoms with E-state index in [-0.39, 0.29) is 0 Å². The molecule has 1 aliphatic rings. The zero-order valence-electron chi connectivity index (χ0n) is 11.3. The zero-order chi connectivity index (χ0) is 12.6. The van der Waals surface area contributed by atoms with Gasteiger partial charge in [-0.15, -0.1) is 0 Å². The maximum absolute atomic E-state index is 4.27. The van der Waals surface area contributed by atoms with Crippen LogP contribution in [0.25, 0.3) is 0 Å². The van der Waals surface area contributed by atoms with Crippen LogP contribution in [0.15, 0.2) is 24.3 Å². The van der Waals surface area contributed by atoms with Gasteiger partial charge < -0.3 is 4.90 Å². The second kappa shape index (κ2) is 7.73. The molecule has 100 valence electrons. The summed E-state index contributed by atoms with van der Waals surface area (Å²) in [6.07, 6.45) is 9.20. The average Bonchev–Trinajstić information content (AvgIpc) is 2.61. The second-order valence-corrected chi connectivity index (χ2v) is 5.66. The van der Waals surface area contributed by atoms with Crippen LogP contribution in [0.2, 0.25) is 0 Å². The SMILES string of the molecule is SCCCCCCN1CCCCc2ccccc21. The van der Waals surface area contributed by atoms with Gasteiger partial charge in [-0.2, -0.15) is 12.6 Å². The minimum atomic E-state index is 1.03. The van der Waals surface area contributed by atoms with Crippen LogP contribution in [0.3, 0.4) is 0 Å². The van der Waals surface area contributed by atoms with E-state index in [0.717, 1.165) is 5.75 Å². The lowest BCUT2D eigenvalue weighted by molar-refractivity contribution is 0.635. The van der Waals surface area contributed by atoms with E-state index in [1.54, 1.807) is 5.56 Å². The molecule has 2 rings (SSSR count). The molecule has 1 aromatic carbocycles. The molecular formula is C16H25NS. The third kappa shape index (κ3) is 3.94. The first-order chi connectivity index (χ1) is 8.92. The maximum Gasteiger partial charge on any atom is 0.0398 e. The van der Waals surface area contributed by atoms with Gasteiger partial charge in [0, 0.05) is 18.8 Å². The fraction of sp³-hybridized carbons (Fsp3) is 0.625. The van der Waals surface area contributed by atoms with Gasteiger partial charge >= 0.3 is 0 Å². The van der Waals surface area contributed by atoms with Crippen molar-refractivity contribution in [1.82, 2.24) is 0 Å². The number of unbranched alkanes of at least 4 members (excludes halogenated alkanes) is 3. The molecule has 0 radical (unpaired) electrons. The first kappa shape index (κ1) is 13.8. The molecule has 0 saturated carbocycles. The van der Waals surface area contributed by atoms with E-state index < -0.39 is 0 Å². The quantitative estimate of drug-likeness (QED) is 0.591. The van der Waals surface area contributed by atoms with Crippen molar-refractivity contribution in [3.8, 4) is 0 Å². The molecule has 0 spiro atoms. The molecule has 0 unspecified atom stereocenters. The lowest BCUT2D eigenvalue weighted by atomic mass is 10.1. The highest BCUT2D eigenvalue weighted by Crippen LogP contribution is 2.26. The summed E-state index contributed by atoms with van der Waals surface area (Å²) in [5.41, 5.74) is 3.04. The summed E-state index contributed by atoms with van der Waals surface area (Å²) in [6.45, 7) is 2.47. The van der Waals surface area contributed by atoms with Gasteiger partial charge in [-0.05, 0) is 49.5 Å². The molecule has 0 amide bonds. The number of thiol groups is 1. The summed E-state index contributed by atoms with van der Waals surface area (Å²) < 4.78 is 0. The van der Waals surface area contributed by atoms with Gasteiger partial charge in [0.15, 0.2) is 0 Å². The van der Waals surface area contributed by atoms with Gasteiger partial charge in [0.25, 0.3) is 0 Å². The summed E-state index contributed by atoms with van der Waals surface area (Å²) in [5, 5.41) is 0. The molecular weight excluding hydrogens is 238 g/mol. The Balaban J connectivity index is 1.88. The van der Waals surface area contributed by atoms with E-state index >= 15 is 0 Å². The third-order valence-electron chi connectivity index (χ3n) is 3.79. The van der Waals surface area contributed by atoms with Crippen molar-refractivity contribution in [3.05, 3.63) is 29.8 Å². The van der Waals surface area contributed by atoms with Crippen molar-refractivity contribution in [2.45, 2.75) is 44.9 Å². The number of para-hydroxylation sites is 1. The van der Waals surface area contributed by atoms with Crippen molar-refractivity contribution < 1.29 is 0 Å². The first-order valence-electron chi connectivity index (χ1n) is 7.35. The van der Waals surface area contributed by atoms with Crippen molar-refractivity contribution in [2.75, 3.05) is 23.7 Å². The van der Waals surface area contributed by atoms with E-state index in [9.17, 15) is 0 Å². The topological polar surface area (TPSA) is 3.24 Å². The van der Waals surface area contributed by atoms with Gasteiger partial charge in [0.05, 0.1) is 0 Å². The lowest BCUT2D eigenvalue weighted by Gasteiger charge is -2.24. The van der Waals surface area contributed by atoms with Crippen LogP contribution in [0, 0.1) is 0 Å². The number of rotatable bonds is 6. The van der Waals surface area contributed by atoms with Crippen LogP contribution in [0.4, 0.5) is 5.69 Å². The Labute approximate surface area is 117 Å². The largest absolute Gasteiger partial charge is 0.371 e. The monoisotopic (exact) mass is 263 g/mol. The van der Waals surface area contributed by atoms with Crippen molar-refractivity contribution in [1.29, 1.82) is 0 Å². The molecule has 1 nitrogen and oxygen atoms in total. The number of hydrogen-bond acceptors (Lipinski definition) is 2. The first-order valence-corrected chi connectivity index (χ1v) is 7.99. The Morgan fingerprint density at radius 3 is 2.72 bits per heavy atom. The molecule has 2 heteroatoms. The molecule has 0 fully saturated rings. The highest BCUT2D eigenvalue weighted by molar-refractivity contribution is 7.80. The Morgan fingerprint density at radius 2 is 1.83 bits per heavy atom. The smallest absolute Gasteiger partial charge is 0.0398 e. The van der Waals surface area contributed by atoms with E-state index in [2.05, 4.69) is 41.8 Å². The highest BCUT2D eigenvalue weighted by atomic mass is 32.1. The summed E-state index contributed by atoms with van der Waals surface area (Å²) in [7, 11) is 0. The molecule has 0 bridgehead atoms. The summed E-state index contributed by atoms with van der Waals surface area (Å²) in [5.74, 6) is 1.03. The van der Waals surface area contributed by atoms with Crippen LogP contribution in [0.5, 0.6) is 0 Å². The Bertz CT molecular complexity index is 351. The van der Waals surface area contributed by atoms with Crippen molar-refractivity contribution in [3.63, 3.8) is 0 Å². The van der Waals surface area contributed by atoms with Gasteiger partial charge in [-0.1, -0.05) is 31.0 Å². The summed E-state index contributed by atoms with van der Waals surface area (Å²) >= 11 is 4.27. The van der Waals surface area contributed by atoms with Gasteiger partial charge in [-0.3, -0.25) is 0 Å². The Kier molecular flexibility index (Phi) is 5.92. The standard InChI is InChI=1S/C16H25NS/c18-14-8-2-1-6-12-17-13-7-5-10-15-9-3-4-11-16(15)17/h3-4,9,11,18H,1-2,5-8,10,12-14H2. The number of fused-ring (bicyclic) bond motifs is 1. The van der Waals surface area contributed by atoms with E-state index in [0.29, 0.717) is 0 Å². The Hall–Kier alpha value is -0.630. The zero-order valence-corrected chi connectivity index (χ0v) is 12.2. The number of anilines is 1. The average molecular weight is 263 g/mol. The highest BCUT2D eigenvalue weighted by Gasteiger charge is 2.13. The van der Waals surface area contributed by atoms with E-state index in [4.69, 9.17) is 0 Å². The lowest BCUT2D eigenvalue weighted by Crippen LogP contribution is -2.25. The molecule has 0 aromatic heterocycles. The van der Waals surface area contributed by atoms with Gasteiger partial charge in [0.1, 0.15) is 0 Å². The number of benzene rings is 1. The fourth-order valence-corrected chi connectivity index (χ4v) is 2.99. The molecule has 1 heterocycles. The molecule has 0 saturated heterocycles. The van der Waals surface area contributed by atoms with E-state index in [1.165, 1.54) is 63.7 Å². The number of hydrogen-bond donors (Lipinski definition) is 1. The molecule has 1 aromatic rings. The van der Waals surface area contributed by atoms with Crippen molar-refractivity contribution >= 4 is 18.3 Å². The molecule has 18 heavy (non-hydrogen) atoms. The fourth-order valence-electron chi connectivity index (χ4n) is 2.77. The normalized spacial score (nSPS) is 15.3. The number of aryl methyl sites for hydroxylation is 1. The molecule has 0 aliphatic carbocycles. The van der Waals surface area contributed by atoms with Gasteiger partial charge in [-0.25, -0.2) is 0 Å². The maximum atomic E-state index is 4.27. The third-order valence-corrected chi connectivity index (χ3v) is 4.11.